The van der Waals surface area contributed by atoms with Crippen LogP contribution in [0.15, 0.2) is 53.1 Å². The molecule has 0 N–H and O–H groups in total. The highest BCUT2D eigenvalue weighted by atomic mass is 19.1. The summed E-state index contributed by atoms with van der Waals surface area (Å²) in [6, 6.07) is 13.0. The van der Waals surface area contributed by atoms with E-state index in [1.54, 1.807) is 36.4 Å². The van der Waals surface area contributed by atoms with Crippen LogP contribution in [-0.4, -0.2) is 65.7 Å². The Labute approximate surface area is 167 Å². The molecule has 0 bridgehead atoms. The molecule has 1 saturated heterocycles. The molecular formula is C21H21FN4O3. The van der Waals surface area contributed by atoms with Crippen molar-refractivity contribution >= 4 is 5.91 Å². The quantitative estimate of drug-likeness (QED) is 0.660. The van der Waals surface area contributed by atoms with Gasteiger partial charge in [0.05, 0.1) is 0 Å². The minimum Gasteiger partial charge on any atom is -0.484 e. The lowest BCUT2D eigenvalue weighted by Gasteiger charge is -2.32. The summed E-state index contributed by atoms with van der Waals surface area (Å²) < 4.78 is 23.9. The molecule has 1 amide bonds. The Hall–Kier alpha value is -3.26. The van der Waals surface area contributed by atoms with Crippen LogP contribution in [0.1, 0.15) is 0 Å². The molecule has 1 aliphatic heterocycles. The van der Waals surface area contributed by atoms with Crippen LogP contribution < -0.4 is 4.74 Å². The summed E-state index contributed by atoms with van der Waals surface area (Å²) in [5.74, 6) is 1.00. The average Bonchev–Trinajstić information content (AvgIpc) is 3.24. The maximum absolute atomic E-state index is 13.0. The number of carbonyl (C=O) groups is 1. The van der Waals surface area contributed by atoms with Gasteiger partial charge in [0.15, 0.2) is 6.61 Å². The van der Waals surface area contributed by atoms with Gasteiger partial charge in [0.25, 0.3) is 11.8 Å². The monoisotopic (exact) mass is 396 g/mol. The molecule has 0 radical (unpaired) electrons. The number of amides is 1. The Kier molecular flexibility index (Phi) is 5.53. The van der Waals surface area contributed by atoms with Gasteiger partial charge in [-0.3, -0.25) is 4.79 Å². The summed E-state index contributed by atoms with van der Waals surface area (Å²) in [5.41, 5.74) is 1.40. The third kappa shape index (κ3) is 4.60. The van der Waals surface area contributed by atoms with Crippen LogP contribution in [0.25, 0.3) is 22.8 Å². The van der Waals surface area contributed by atoms with Gasteiger partial charge in [-0.2, -0.15) is 4.98 Å². The maximum atomic E-state index is 13.0. The molecule has 7 nitrogen and oxygen atoms in total. The summed E-state index contributed by atoms with van der Waals surface area (Å²) in [7, 11) is 2.05. The van der Waals surface area contributed by atoms with Crippen LogP contribution in [0, 0.1) is 5.82 Å². The highest BCUT2D eigenvalue weighted by Crippen LogP contribution is 2.24. The Morgan fingerprint density at radius 1 is 1.03 bits per heavy atom. The number of rotatable bonds is 5. The predicted molar refractivity (Wildman–Crippen MR) is 105 cm³/mol. The zero-order valence-electron chi connectivity index (χ0n) is 16.0. The fourth-order valence-electron chi connectivity index (χ4n) is 3.04. The van der Waals surface area contributed by atoms with Crippen molar-refractivity contribution in [1.29, 1.82) is 0 Å². The smallest absolute Gasteiger partial charge is 0.260 e. The number of nitrogens with zero attached hydrogens (tertiary/aromatic N) is 4. The number of likely N-dealkylation sites (N-methyl/N-ethyl adjacent to an activating group) is 1. The van der Waals surface area contributed by atoms with Crippen molar-refractivity contribution in [3.8, 4) is 28.6 Å². The van der Waals surface area contributed by atoms with E-state index in [4.69, 9.17) is 9.26 Å². The van der Waals surface area contributed by atoms with E-state index in [9.17, 15) is 9.18 Å². The van der Waals surface area contributed by atoms with E-state index in [1.165, 1.54) is 12.1 Å². The molecule has 2 aromatic carbocycles. The standard InChI is InChI=1S/C21H21FN4O3/c1-25-10-12-26(13-11-25)19(27)14-28-18-8-4-15(5-9-18)20-23-21(29-24-20)16-2-6-17(22)7-3-16/h2-9H,10-14H2,1H3. The largest absolute Gasteiger partial charge is 0.484 e. The number of aromatic nitrogens is 2. The fraction of sp³-hybridized carbons (Fsp3) is 0.286. The summed E-state index contributed by atoms with van der Waals surface area (Å²) in [6.07, 6.45) is 0. The lowest BCUT2D eigenvalue weighted by molar-refractivity contribution is -0.134. The van der Waals surface area contributed by atoms with Crippen LogP contribution in [-0.2, 0) is 4.79 Å². The Morgan fingerprint density at radius 3 is 2.38 bits per heavy atom. The molecule has 4 rings (SSSR count). The van der Waals surface area contributed by atoms with Crippen molar-refractivity contribution in [2.75, 3.05) is 39.8 Å². The highest BCUT2D eigenvalue weighted by Gasteiger charge is 2.19. The third-order valence-electron chi connectivity index (χ3n) is 4.85. The van der Waals surface area contributed by atoms with Crippen molar-refractivity contribution in [1.82, 2.24) is 19.9 Å². The van der Waals surface area contributed by atoms with Crippen molar-refractivity contribution < 1.29 is 18.4 Å². The van der Waals surface area contributed by atoms with Crippen LogP contribution >= 0.6 is 0 Å². The first-order valence-electron chi connectivity index (χ1n) is 9.38. The van der Waals surface area contributed by atoms with E-state index in [1.807, 2.05) is 11.9 Å². The SMILES string of the molecule is CN1CCN(C(=O)COc2ccc(-c3noc(-c4ccc(F)cc4)n3)cc2)CC1. The molecule has 1 aliphatic rings. The van der Waals surface area contributed by atoms with E-state index in [-0.39, 0.29) is 18.3 Å². The number of ether oxygens (including phenoxy) is 1. The van der Waals surface area contributed by atoms with Gasteiger partial charge in [0, 0.05) is 37.3 Å². The van der Waals surface area contributed by atoms with E-state index in [2.05, 4.69) is 15.0 Å². The zero-order valence-corrected chi connectivity index (χ0v) is 16.0. The molecule has 0 saturated carbocycles. The minimum atomic E-state index is -0.324. The molecule has 0 unspecified atom stereocenters. The van der Waals surface area contributed by atoms with Gasteiger partial charge in [0.1, 0.15) is 11.6 Å². The predicted octanol–water partition coefficient (Wildman–Crippen LogP) is 2.70. The first kappa shape index (κ1) is 19.1. The van der Waals surface area contributed by atoms with Gasteiger partial charge < -0.3 is 19.1 Å². The van der Waals surface area contributed by atoms with E-state index in [0.29, 0.717) is 23.0 Å². The second-order valence-corrected chi connectivity index (χ2v) is 6.93. The number of hydrogen-bond acceptors (Lipinski definition) is 6. The summed E-state index contributed by atoms with van der Waals surface area (Å²) in [4.78, 5) is 20.6. The topological polar surface area (TPSA) is 71.7 Å². The molecule has 2 heterocycles. The Bertz CT molecular complexity index is 964. The van der Waals surface area contributed by atoms with Gasteiger partial charge >= 0.3 is 0 Å². The molecule has 1 aromatic heterocycles. The Balaban J connectivity index is 1.36. The normalized spacial score (nSPS) is 14.8. The second kappa shape index (κ2) is 8.40. The Morgan fingerprint density at radius 2 is 1.69 bits per heavy atom. The lowest BCUT2D eigenvalue weighted by Crippen LogP contribution is -2.48. The van der Waals surface area contributed by atoms with Crippen molar-refractivity contribution in [3.05, 3.63) is 54.3 Å². The molecular weight excluding hydrogens is 375 g/mol. The van der Waals surface area contributed by atoms with Gasteiger partial charge in [-0.05, 0) is 55.6 Å². The van der Waals surface area contributed by atoms with E-state index in [0.717, 1.165) is 31.7 Å². The molecule has 0 atom stereocenters. The van der Waals surface area contributed by atoms with Crippen molar-refractivity contribution in [3.63, 3.8) is 0 Å². The first-order valence-corrected chi connectivity index (χ1v) is 9.38. The molecule has 150 valence electrons. The van der Waals surface area contributed by atoms with Crippen molar-refractivity contribution in [2.24, 2.45) is 0 Å². The number of piperazine rings is 1. The van der Waals surface area contributed by atoms with Crippen LogP contribution in [0.4, 0.5) is 4.39 Å². The average molecular weight is 396 g/mol. The van der Waals surface area contributed by atoms with E-state index < -0.39 is 0 Å². The van der Waals surface area contributed by atoms with Crippen LogP contribution in [0.2, 0.25) is 0 Å². The lowest BCUT2D eigenvalue weighted by atomic mass is 10.2. The van der Waals surface area contributed by atoms with Gasteiger partial charge in [0.2, 0.25) is 5.82 Å². The summed E-state index contributed by atoms with van der Waals surface area (Å²) >= 11 is 0. The van der Waals surface area contributed by atoms with Crippen molar-refractivity contribution in [2.45, 2.75) is 0 Å². The number of halogens is 1. The number of benzene rings is 2. The summed E-state index contributed by atoms with van der Waals surface area (Å²) in [5, 5.41) is 3.97. The summed E-state index contributed by atoms with van der Waals surface area (Å²) in [6.45, 7) is 3.23. The molecule has 0 aliphatic carbocycles. The van der Waals surface area contributed by atoms with Crippen LogP contribution in [0.3, 0.4) is 0 Å². The van der Waals surface area contributed by atoms with E-state index >= 15 is 0 Å². The fourth-order valence-corrected chi connectivity index (χ4v) is 3.04. The minimum absolute atomic E-state index is 0.00992. The zero-order chi connectivity index (χ0) is 20.2. The molecule has 0 spiro atoms. The maximum Gasteiger partial charge on any atom is 0.260 e. The van der Waals surface area contributed by atoms with Gasteiger partial charge in [-0.15, -0.1) is 0 Å². The molecule has 29 heavy (non-hydrogen) atoms. The first-order chi connectivity index (χ1) is 14.1. The molecule has 1 fully saturated rings. The number of hydrogen-bond donors (Lipinski definition) is 0. The molecule has 3 aromatic rings. The van der Waals surface area contributed by atoms with Crippen LogP contribution in [0.5, 0.6) is 5.75 Å². The molecule has 8 heteroatoms. The highest BCUT2D eigenvalue weighted by molar-refractivity contribution is 5.78. The second-order valence-electron chi connectivity index (χ2n) is 6.93. The third-order valence-corrected chi connectivity index (χ3v) is 4.85. The van der Waals surface area contributed by atoms with Gasteiger partial charge in [-0.1, -0.05) is 5.16 Å². The van der Waals surface area contributed by atoms with Gasteiger partial charge in [-0.25, -0.2) is 4.39 Å². The number of carbonyl (C=O) groups excluding carboxylic acids is 1.